The van der Waals surface area contributed by atoms with Gasteiger partial charge in [-0.3, -0.25) is 4.79 Å². The minimum Gasteiger partial charge on any atom is -0.309 e. The van der Waals surface area contributed by atoms with Crippen molar-refractivity contribution in [3.05, 3.63) is 34.9 Å². The van der Waals surface area contributed by atoms with Crippen LogP contribution in [0.3, 0.4) is 0 Å². The minimum absolute atomic E-state index is 0.307. The van der Waals surface area contributed by atoms with E-state index in [0.717, 1.165) is 25.1 Å². The van der Waals surface area contributed by atoms with E-state index in [1.165, 1.54) is 36.8 Å². The van der Waals surface area contributed by atoms with Crippen molar-refractivity contribution in [1.29, 1.82) is 0 Å². The first-order valence-electron chi connectivity index (χ1n) is 7.17. The van der Waals surface area contributed by atoms with Crippen molar-refractivity contribution in [1.82, 2.24) is 5.32 Å². The number of carbonyl (C=O) groups excluding carboxylic acids is 1. The van der Waals surface area contributed by atoms with Gasteiger partial charge in [-0.05, 0) is 23.6 Å². The molecular weight excluding hydrogens is 222 g/mol. The highest BCUT2D eigenvalue weighted by atomic mass is 16.1. The Morgan fingerprint density at radius 2 is 1.89 bits per heavy atom. The van der Waals surface area contributed by atoms with Gasteiger partial charge in [-0.1, -0.05) is 44.7 Å². The van der Waals surface area contributed by atoms with Gasteiger partial charge in [-0.2, -0.15) is 0 Å². The summed E-state index contributed by atoms with van der Waals surface area (Å²) < 4.78 is 0. The topological polar surface area (TPSA) is 29.1 Å². The summed E-state index contributed by atoms with van der Waals surface area (Å²) in [4.78, 5) is 12.1. The van der Waals surface area contributed by atoms with Crippen LogP contribution in [0.5, 0.6) is 0 Å². The third-order valence-corrected chi connectivity index (χ3v) is 3.67. The second-order valence-corrected chi connectivity index (χ2v) is 5.17. The predicted molar refractivity (Wildman–Crippen MR) is 74.7 cm³/mol. The normalized spacial score (nSPS) is 13.6. The Kier molecular flexibility index (Phi) is 4.94. The highest BCUT2D eigenvalue weighted by Crippen LogP contribution is 2.18. The summed E-state index contributed by atoms with van der Waals surface area (Å²) in [5.74, 6) is 0.307. The van der Waals surface area contributed by atoms with E-state index in [0.29, 0.717) is 12.2 Å². The maximum Gasteiger partial charge on any atom is 0.162 e. The molecule has 0 aliphatic carbocycles. The predicted octanol–water partition coefficient (Wildman–Crippen LogP) is 3.83. The quantitative estimate of drug-likeness (QED) is 0.584. The van der Waals surface area contributed by atoms with E-state index in [4.69, 9.17) is 0 Å². The van der Waals surface area contributed by atoms with Gasteiger partial charge in [0, 0.05) is 25.1 Å². The minimum atomic E-state index is 0.307. The second kappa shape index (κ2) is 6.69. The number of nitrogens with one attached hydrogen (secondary N) is 1. The van der Waals surface area contributed by atoms with Gasteiger partial charge in [-0.25, -0.2) is 0 Å². The Morgan fingerprint density at radius 3 is 2.72 bits per heavy atom. The molecule has 0 saturated carbocycles. The lowest BCUT2D eigenvalue weighted by Gasteiger charge is -2.04. The van der Waals surface area contributed by atoms with E-state index in [1.807, 2.05) is 6.07 Å². The maximum absolute atomic E-state index is 12.1. The molecule has 1 heterocycles. The summed E-state index contributed by atoms with van der Waals surface area (Å²) in [6.45, 7) is 4.07. The standard InChI is InChI=1S/C16H23NO/c1-2-3-4-5-6-7-16(18)13-8-9-14-11-17-12-15(14)10-13/h8-10,17H,2-7,11-12H2,1H3. The van der Waals surface area contributed by atoms with E-state index in [-0.39, 0.29) is 0 Å². The molecule has 2 nitrogen and oxygen atoms in total. The molecule has 0 amide bonds. The molecule has 2 heteroatoms. The van der Waals surface area contributed by atoms with E-state index in [9.17, 15) is 4.79 Å². The molecular formula is C16H23NO. The van der Waals surface area contributed by atoms with Crippen LogP contribution in [0.4, 0.5) is 0 Å². The molecule has 2 rings (SSSR count). The summed E-state index contributed by atoms with van der Waals surface area (Å²) >= 11 is 0. The molecule has 0 radical (unpaired) electrons. The molecule has 1 aromatic carbocycles. The van der Waals surface area contributed by atoms with Crippen LogP contribution in [-0.2, 0) is 13.1 Å². The largest absolute Gasteiger partial charge is 0.309 e. The third-order valence-electron chi connectivity index (χ3n) is 3.67. The SMILES string of the molecule is CCCCCCCC(=O)c1ccc2c(c1)CNC2. The number of ketones is 1. The first-order valence-corrected chi connectivity index (χ1v) is 7.17. The zero-order chi connectivity index (χ0) is 12.8. The molecule has 0 atom stereocenters. The molecule has 0 aromatic heterocycles. The molecule has 98 valence electrons. The molecule has 1 aliphatic rings. The first kappa shape index (κ1) is 13.3. The molecule has 1 aromatic rings. The first-order chi connectivity index (χ1) is 8.81. The van der Waals surface area contributed by atoms with Gasteiger partial charge in [0.1, 0.15) is 0 Å². The van der Waals surface area contributed by atoms with Crippen molar-refractivity contribution in [3.63, 3.8) is 0 Å². The van der Waals surface area contributed by atoms with Crippen LogP contribution < -0.4 is 5.32 Å². The highest BCUT2D eigenvalue weighted by molar-refractivity contribution is 5.96. The van der Waals surface area contributed by atoms with Crippen LogP contribution in [-0.4, -0.2) is 5.78 Å². The van der Waals surface area contributed by atoms with Crippen molar-refractivity contribution >= 4 is 5.78 Å². The monoisotopic (exact) mass is 245 g/mol. The number of unbranched alkanes of at least 4 members (excludes halogenated alkanes) is 4. The Hall–Kier alpha value is -1.15. The van der Waals surface area contributed by atoms with Crippen LogP contribution in [0.1, 0.15) is 66.9 Å². The van der Waals surface area contributed by atoms with Crippen LogP contribution in [0, 0.1) is 0 Å². The Morgan fingerprint density at radius 1 is 1.11 bits per heavy atom. The molecule has 0 bridgehead atoms. The van der Waals surface area contributed by atoms with Crippen LogP contribution in [0.2, 0.25) is 0 Å². The second-order valence-electron chi connectivity index (χ2n) is 5.17. The van der Waals surface area contributed by atoms with E-state index >= 15 is 0 Å². The Labute approximate surface area is 110 Å². The molecule has 0 unspecified atom stereocenters. The summed E-state index contributed by atoms with van der Waals surface area (Å²) in [7, 11) is 0. The van der Waals surface area contributed by atoms with Crippen molar-refractivity contribution < 1.29 is 4.79 Å². The molecule has 0 fully saturated rings. The third kappa shape index (κ3) is 3.42. The lowest BCUT2D eigenvalue weighted by atomic mass is 10.00. The van der Waals surface area contributed by atoms with Gasteiger partial charge in [0.25, 0.3) is 0 Å². The fraction of sp³-hybridized carbons (Fsp3) is 0.562. The zero-order valence-electron chi connectivity index (χ0n) is 11.3. The molecule has 1 aliphatic heterocycles. The van der Waals surface area contributed by atoms with E-state index in [2.05, 4.69) is 24.4 Å². The lowest BCUT2D eigenvalue weighted by molar-refractivity contribution is 0.0979. The van der Waals surface area contributed by atoms with Crippen LogP contribution in [0.15, 0.2) is 18.2 Å². The molecule has 1 N–H and O–H groups in total. The van der Waals surface area contributed by atoms with Crippen molar-refractivity contribution in [2.45, 2.75) is 58.5 Å². The highest BCUT2D eigenvalue weighted by Gasteiger charge is 2.13. The van der Waals surface area contributed by atoms with Gasteiger partial charge < -0.3 is 5.32 Å². The number of hydrogen-bond acceptors (Lipinski definition) is 2. The van der Waals surface area contributed by atoms with Gasteiger partial charge in [0.15, 0.2) is 5.78 Å². The summed E-state index contributed by atoms with van der Waals surface area (Å²) in [6.07, 6.45) is 6.73. The van der Waals surface area contributed by atoms with Crippen molar-refractivity contribution in [2.24, 2.45) is 0 Å². The van der Waals surface area contributed by atoms with Crippen LogP contribution >= 0.6 is 0 Å². The summed E-state index contributed by atoms with van der Waals surface area (Å²) in [5, 5.41) is 3.31. The smallest absolute Gasteiger partial charge is 0.162 e. The van der Waals surface area contributed by atoms with Gasteiger partial charge in [0.2, 0.25) is 0 Å². The number of fused-ring (bicyclic) bond motifs is 1. The average Bonchev–Trinajstić information content (AvgIpc) is 2.85. The molecule has 0 saturated heterocycles. The number of benzene rings is 1. The average molecular weight is 245 g/mol. The van der Waals surface area contributed by atoms with E-state index in [1.54, 1.807) is 0 Å². The lowest BCUT2D eigenvalue weighted by Crippen LogP contribution is -2.01. The van der Waals surface area contributed by atoms with Gasteiger partial charge in [-0.15, -0.1) is 0 Å². The zero-order valence-corrected chi connectivity index (χ0v) is 11.3. The fourth-order valence-corrected chi connectivity index (χ4v) is 2.50. The van der Waals surface area contributed by atoms with Crippen molar-refractivity contribution in [3.8, 4) is 0 Å². The van der Waals surface area contributed by atoms with Gasteiger partial charge >= 0.3 is 0 Å². The maximum atomic E-state index is 12.1. The summed E-state index contributed by atoms with van der Waals surface area (Å²) in [5.41, 5.74) is 3.54. The number of rotatable bonds is 7. The number of Topliss-reactive ketones (excluding diaryl/α,β-unsaturated/α-hetero) is 1. The van der Waals surface area contributed by atoms with Crippen molar-refractivity contribution in [2.75, 3.05) is 0 Å². The Balaban J connectivity index is 1.82. The Bertz CT molecular complexity index is 412. The van der Waals surface area contributed by atoms with E-state index < -0.39 is 0 Å². The number of carbonyl (C=O) groups is 1. The molecule has 18 heavy (non-hydrogen) atoms. The molecule has 0 spiro atoms. The number of hydrogen-bond donors (Lipinski definition) is 1. The summed E-state index contributed by atoms with van der Waals surface area (Å²) in [6, 6.07) is 6.16. The van der Waals surface area contributed by atoms with Crippen LogP contribution in [0.25, 0.3) is 0 Å². The fourth-order valence-electron chi connectivity index (χ4n) is 2.50. The van der Waals surface area contributed by atoms with Gasteiger partial charge in [0.05, 0.1) is 0 Å².